The number of ketones is 1. The third kappa shape index (κ3) is 4.57. The molecule has 0 saturated carbocycles. The first-order valence-electron chi connectivity index (χ1n) is 10.1. The minimum atomic E-state index is -0.729. The Balaban J connectivity index is 1.45. The van der Waals surface area contributed by atoms with E-state index in [9.17, 15) is 23.6 Å². The highest BCUT2D eigenvalue weighted by atomic mass is 35.5. The Hall–Kier alpha value is -4.30. The van der Waals surface area contributed by atoms with Gasteiger partial charge < -0.3 is 10.6 Å². The number of amides is 3. The predicted octanol–water partition coefficient (Wildman–Crippen LogP) is 4.72. The third-order valence-electron chi connectivity index (χ3n) is 5.08. The average molecular weight is 478 g/mol. The van der Waals surface area contributed by atoms with Crippen LogP contribution in [0, 0.1) is 5.82 Å². The standard InChI is InChI=1S/C25H17ClFN3O4/c1-14(31)15-2-8-19(9-3-15)29-23(32)16-4-10-18(11-5-16)28-22-21(26)24(33)30(25(22)34)20-12-6-17(27)7-13-20/h2-13,28H,1H3,(H,29,32). The monoisotopic (exact) mass is 477 g/mol. The van der Waals surface area contributed by atoms with Crippen LogP contribution in [-0.2, 0) is 9.59 Å². The van der Waals surface area contributed by atoms with Crippen LogP contribution in [0.2, 0.25) is 0 Å². The number of hydrogen-bond donors (Lipinski definition) is 2. The number of hydrogen-bond acceptors (Lipinski definition) is 5. The quantitative estimate of drug-likeness (QED) is 0.396. The molecule has 0 bridgehead atoms. The zero-order valence-electron chi connectivity index (χ0n) is 17.8. The summed E-state index contributed by atoms with van der Waals surface area (Å²) in [5.74, 6) is -2.35. The number of imide groups is 1. The normalized spacial score (nSPS) is 13.3. The molecule has 3 aromatic rings. The van der Waals surface area contributed by atoms with Gasteiger partial charge in [0.25, 0.3) is 17.7 Å². The number of halogens is 2. The maximum atomic E-state index is 13.2. The molecule has 170 valence electrons. The van der Waals surface area contributed by atoms with Crippen LogP contribution in [0.1, 0.15) is 27.6 Å². The van der Waals surface area contributed by atoms with Crippen molar-refractivity contribution in [2.75, 3.05) is 15.5 Å². The fourth-order valence-electron chi connectivity index (χ4n) is 3.28. The Bertz CT molecular complexity index is 1330. The zero-order valence-corrected chi connectivity index (χ0v) is 18.5. The van der Waals surface area contributed by atoms with Crippen molar-refractivity contribution in [3.63, 3.8) is 0 Å². The number of nitrogens with one attached hydrogen (secondary N) is 2. The van der Waals surface area contributed by atoms with Crippen LogP contribution in [0.3, 0.4) is 0 Å². The molecule has 3 amide bonds. The maximum absolute atomic E-state index is 13.2. The van der Waals surface area contributed by atoms with Crippen LogP contribution in [0.5, 0.6) is 0 Å². The largest absolute Gasteiger partial charge is 0.350 e. The minimum Gasteiger partial charge on any atom is -0.350 e. The Kier molecular flexibility index (Phi) is 6.25. The Morgan fingerprint density at radius 2 is 1.35 bits per heavy atom. The molecule has 0 aromatic heterocycles. The minimum absolute atomic E-state index is 0.0700. The molecule has 0 fully saturated rings. The molecule has 2 N–H and O–H groups in total. The number of nitrogens with zero attached hydrogens (tertiary/aromatic N) is 1. The van der Waals surface area contributed by atoms with Gasteiger partial charge in [-0.3, -0.25) is 19.2 Å². The van der Waals surface area contributed by atoms with E-state index in [4.69, 9.17) is 11.6 Å². The van der Waals surface area contributed by atoms with E-state index in [1.54, 1.807) is 36.4 Å². The molecule has 0 aliphatic carbocycles. The summed E-state index contributed by atoms with van der Waals surface area (Å²) in [6.45, 7) is 1.46. The molecule has 0 spiro atoms. The topological polar surface area (TPSA) is 95.6 Å². The van der Waals surface area contributed by atoms with Crippen molar-refractivity contribution in [3.8, 4) is 0 Å². The summed E-state index contributed by atoms with van der Waals surface area (Å²) in [5.41, 5.74) is 1.92. The van der Waals surface area contributed by atoms with Crippen molar-refractivity contribution in [2.45, 2.75) is 6.92 Å². The number of carbonyl (C=O) groups is 4. The summed E-state index contributed by atoms with van der Waals surface area (Å²) in [7, 11) is 0. The Morgan fingerprint density at radius 1 is 0.794 bits per heavy atom. The number of Topliss-reactive ketones (excluding diaryl/α,β-unsaturated/α-hetero) is 1. The van der Waals surface area contributed by atoms with Crippen LogP contribution in [0.15, 0.2) is 83.5 Å². The van der Waals surface area contributed by atoms with E-state index in [1.807, 2.05) is 0 Å². The molecule has 1 aliphatic heterocycles. The number of anilines is 3. The summed E-state index contributed by atoms with van der Waals surface area (Å²) < 4.78 is 13.2. The summed E-state index contributed by atoms with van der Waals surface area (Å²) in [6.07, 6.45) is 0. The lowest BCUT2D eigenvalue weighted by Gasteiger charge is -2.15. The third-order valence-corrected chi connectivity index (χ3v) is 5.43. The van der Waals surface area contributed by atoms with Crippen LogP contribution < -0.4 is 15.5 Å². The smallest absolute Gasteiger partial charge is 0.283 e. The van der Waals surface area contributed by atoms with Gasteiger partial charge in [-0.1, -0.05) is 11.6 Å². The second-order valence-corrected chi connectivity index (χ2v) is 7.78. The van der Waals surface area contributed by atoms with Crippen LogP contribution >= 0.6 is 11.6 Å². The molecule has 0 saturated heterocycles. The molecule has 9 heteroatoms. The second kappa shape index (κ2) is 9.29. The molecular formula is C25H17ClFN3O4. The molecule has 1 heterocycles. The van der Waals surface area contributed by atoms with Gasteiger partial charge in [-0.25, -0.2) is 9.29 Å². The molecular weight excluding hydrogens is 461 g/mol. The molecule has 34 heavy (non-hydrogen) atoms. The maximum Gasteiger partial charge on any atom is 0.283 e. The summed E-state index contributed by atoms with van der Waals surface area (Å²) in [4.78, 5) is 50.0. The van der Waals surface area contributed by atoms with Gasteiger partial charge in [0.05, 0.1) is 5.69 Å². The highest BCUT2D eigenvalue weighted by Gasteiger charge is 2.38. The summed E-state index contributed by atoms with van der Waals surface area (Å²) >= 11 is 6.10. The first-order chi connectivity index (χ1) is 16.2. The average Bonchev–Trinajstić information content (AvgIpc) is 3.03. The van der Waals surface area contributed by atoms with Crippen LogP contribution in [0.25, 0.3) is 0 Å². The van der Waals surface area contributed by atoms with Gasteiger partial charge in [0.15, 0.2) is 5.78 Å². The molecule has 0 radical (unpaired) electrons. The number of carbonyl (C=O) groups excluding carboxylic acids is 4. The number of rotatable bonds is 6. The highest BCUT2D eigenvalue weighted by Crippen LogP contribution is 2.30. The molecule has 3 aromatic carbocycles. The number of benzene rings is 3. The molecule has 0 unspecified atom stereocenters. The van der Waals surface area contributed by atoms with Crippen molar-refractivity contribution < 1.29 is 23.6 Å². The molecule has 4 rings (SSSR count). The van der Waals surface area contributed by atoms with Gasteiger partial charge in [-0.15, -0.1) is 0 Å². The van der Waals surface area contributed by atoms with Crippen LogP contribution in [-0.4, -0.2) is 23.5 Å². The van der Waals surface area contributed by atoms with Gasteiger partial charge in [-0.05, 0) is 79.7 Å². The van der Waals surface area contributed by atoms with E-state index in [2.05, 4.69) is 10.6 Å². The van der Waals surface area contributed by atoms with Gasteiger partial charge >= 0.3 is 0 Å². The second-order valence-electron chi connectivity index (χ2n) is 7.40. The van der Waals surface area contributed by atoms with Gasteiger partial charge in [0.1, 0.15) is 16.5 Å². The van der Waals surface area contributed by atoms with Crippen molar-refractivity contribution in [1.82, 2.24) is 0 Å². The highest BCUT2D eigenvalue weighted by molar-refractivity contribution is 6.53. The lowest BCUT2D eigenvalue weighted by Crippen LogP contribution is -2.32. The van der Waals surface area contributed by atoms with E-state index >= 15 is 0 Å². The fraction of sp³-hybridized carbons (Fsp3) is 0.0400. The van der Waals surface area contributed by atoms with Gasteiger partial charge in [-0.2, -0.15) is 0 Å². The predicted molar refractivity (Wildman–Crippen MR) is 126 cm³/mol. The van der Waals surface area contributed by atoms with Gasteiger partial charge in [0.2, 0.25) is 0 Å². The first kappa shape index (κ1) is 22.9. The molecule has 1 aliphatic rings. The van der Waals surface area contributed by atoms with E-state index in [-0.39, 0.29) is 28.1 Å². The summed E-state index contributed by atoms with van der Waals surface area (Å²) in [5, 5.41) is 5.24. The lowest BCUT2D eigenvalue weighted by atomic mass is 10.1. The van der Waals surface area contributed by atoms with E-state index in [0.29, 0.717) is 22.5 Å². The van der Waals surface area contributed by atoms with Crippen molar-refractivity contribution in [2.24, 2.45) is 0 Å². The van der Waals surface area contributed by atoms with E-state index in [1.165, 1.54) is 31.2 Å². The zero-order chi connectivity index (χ0) is 24.4. The van der Waals surface area contributed by atoms with Gasteiger partial charge in [0, 0.05) is 22.5 Å². The fourth-order valence-corrected chi connectivity index (χ4v) is 3.49. The SMILES string of the molecule is CC(=O)c1ccc(NC(=O)c2ccc(NC3=C(Cl)C(=O)N(c4ccc(F)cc4)C3=O)cc2)cc1. The van der Waals surface area contributed by atoms with Crippen molar-refractivity contribution >= 4 is 52.2 Å². The van der Waals surface area contributed by atoms with Crippen molar-refractivity contribution in [1.29, 1.82) is 0 Å². The van der Waals surface area contributed by atoms with E-state index in [0.717, 1.165) is 17.0 Å². The lowest BCUT2D eigenvalue weighted by molar-refractivity contribution is -0.120. The van der Waals surface area contributed by atoms with Crippen molar-refractivity contribution in [3.05, 3.63) is 100 Å². The molecule has 0 atom stereocenters. The molecule has 7 nitrogen and oxygen atoms in total. The summed E-state index contributed by atoms with van der Waals surface area (Å²) in [6, 6.07) is 17.6. The first-order valence-corrected chi connectivity index (χ1v) is 10.5. The van der Waals surface area contributed by atoms with E-state index < -0.39 is 17.6 Å². The van der Waals surface area contributed by atoms with Crippen LogP contribution in [0.4, 0.5) is 21.5 Å². The Labute approximate surface area is 198 Å². The Morgan fingerprint density at radius 3 is 1.94 bits per heavy atom.